The van der Waals surface area contributed by atoms with Crippen molar-refractivity contribution >= 4 is 23.2 Å². The second-order valence-corrected chi connectivity index (χ2v) is 4.66. The molecule has 1 rings (SSSR count). The third-order valence-corrected chi connectivity index (χ3v) is 2.97. The van der Waals surface area contributed by atoms with Gasteiger partial charge in [-0.2, -0.15) is 0 Å². The summed E-state index contributed by atoms with van der Waals surface area (Å²) in [5, 5.41) is 3.41. The van der Waals surface area contributed by atoms with Crippen LogP contribution in [0.25, 0.3) is 0 Å². The quantitative estimate of drug-likeness (QED) is 0.793. The first-order chi connectivity index (χ1) is 8.04. The van der Waals surface area contributed by atoms with E-state index in [2.05, 4.69) is 12.2 Å². The average Bonchev–Trinajstić information content (AvgIpc) is 2.30. The maximum absolute atomic E-state index is 11.9. The molecule has 17 heavy (non-hydrogen) atoms. The molecule has 3 N–H and O–H groups in total. The third kappa shape index (κ3) is 4.27. The van der Waals surface area contributed by atoms with Gasteiger partial charge in [0.25, 0.3) is 5.91 Å². The fourth-order valence-corrected chi connectivity index (χ4v) is 1.69. The summed E-state index contributed by atoms with van der Waals surface area (Å²) in [6.07, 6.45) is 3.24. The number of carbonyl (C=O) groups is 1. The number of hydrogen-bond donors (Lipinski definition) is 2. The van der Waals surface area contributed by atoms with Crippen molar-refractivity contribution < 1.29 is 4.79 Å². The Morgan fingerprint density at radius 2 is 2.24 bits per heavy atom. The lowest BCUT2D eigenvalue weighted by molar-refractivity contribution is 0.0938. The van der Waals surface area contributed by atoms with Crippen LogP contribution >= 0.6 is 11.6 Å². The van der Waals surface area contributed by atoms with E-state index in [9.17, 15) is 4.79 Å². The van der Waals surface area contributed by atoms with Crippen LogP contribution in [0.2, 0.25) is 5.02 Å². The fourth-order valence-electron chi connectivity index (χ4n) is 1.57. The first-order valence-corrected chi connectivity index (χ1v) is 6.28. The molecule has 0 radical (unpaired) electrons. The lowest BCUT2D eigenvalue weighted by Crippen LogP contribution is -2.32. The second-order valence-electron chi connectivity index (χ2n) is 4.25. The average molecular weight is 255 g/mol. The SMILES string of the molecule is CCCCC(C)NC(=O)c1ccc(Cl)c(N)c1. The Hall–Kier alpha value is -1.22. The second kappa shape index (κ2) is 6.50. The highest BCUT2D eigenvalue weighted by Crippen LogP contribution is 2.19. The predicted octanol–water partition coefficient (Wildman–Crippen LogP) is 3.23. The molecule has 1 aromatic rings. The number of nitrogens with two attached hydrogens (primary N) is 1. The van der Waals surface area contributed by atoms with Crippen molar-refractivity contribution in [2.45, 2.75) is 39.2 Å². The molecule has 94 valence electrons. The van der Waals surface area contributed by atoms with Crippen molar-refractivity contribution in [2.24, 2.45) is 0 Å². The topological polar surface area (TPSA) is 55.1 Å². The summed E-state index contributed by atoms with van der Waals surface area (Å²) < 4.78 is 0. The van der Waals surface area contributed by atoms with E-state index in [1.165, 1.54) is 0 Å². The van der Waals surface area contributed by atoms with E-state index in [4.69, 9.17) is 17.3 Å². The maximum atomic E-state index is 11.9. The van der Waals surface area contributed by atoms with E-state index in [0.717, 1.165) is 19.3 Å². The van der Waals surface area contributed by atoms with Gasteiger partial charge in [-0.15, -0.1) is 0 Å². The Balaban J connectivity index is 2.60. The lowest BCUT2D eigenvalue weighted by Gasteiger charge is -2.13. The molecule has 0 aliphatic rings. The van der Waals surface area contributed by atoms with Crippen LogP contribution in [0.5, 0.6) is 0 Å². The molecule has 1 unspecified atom stereocenters. The number of unbranched alkanes of at least 4 members (excludes halogenated alkanes) is 1. The molecule has 0 heterocycles. The molecule has 0 fully saturated rings. The van der Waals surface area contributed by atoms with Gasteiger partial charge in [0.1, 0.15) is 0 Å². The molecule has 0 saturated carbocycles. The Morgan fingerprint density at radius 1 is 1.53 bits per heavy atom. The van der Waals surface area contributed by atoms with Crippen LogP contribution in [-0.2, 0) is 0 Å². The molecule has 0 aromatic heterocycles. The Labute approximate surface area is 107 Å². The first kappa shape index (κ1) is 13.8. The van der Waals surface area contributed by atoms with Crippen LogP contribution in [0.15, 0.2) is 18.2 Å². The highest BCUT2D eigenvalue weighted by Gasteiger charge is 2.10. The molecule has 3 nitrogen and oxygen atoms in total. The van der Waals surface area contributed by atoms with Crippen molar-refractivity contribution in [1.29, 1.82) is 0 Å². The molecule has 0 spiro atoms. The molecule has 4 heteroatoms. The Morgan fingerprint density at radius 3 is 2.82 bits per heavy atom. The lowest BCUT2D eigenvalue weighted by atomic mass is 10.1. The van der Waals surface area contributed by atoms with Gasteiger partial charge < -0.3 is 11.1 Å². The molecule has 0 saturated heterocycles. The molecule has 1 amide bonds. The predicted molar refractivity (Wildman–Crippen MR) is 72.3 cm³/mol. The summed E-state index contributed by atoms with van der Waals surface area (Å²) in [5.41, 5.74) is 6.64. The van der Waals surface area contributed by atoms with E-state index in [0.29, 0.717) is 16.3 Å². The molecular formula is C13H19ClN2O. The largest absolute Gasteiger partial charge is 0.398 e. The first-order valence-electron chi connectivity index (χ1n) is 5.90. The summed E-state index contributed by atoms with van der Waals surface area (Å²) in [4.78, 5) is 11.9. The summed E-state index contributed by atoms with van der Waals surface area (Å²) in [5.74, 6) is -0.100. The highest BCUT2D eigenvalue weighted by molar-refractivity contribution is 6.33. The van der Waals surface area contributed by atoms with Gasteiger partial charge in [0.2, 0.25) is 0 Å². The molecule has 0 aliphatic carbocycles. The fraction of sp³-hybridized carbons (Fsp3) is 0.462. The summed E-state index contributed by atoms with van der Waals surface area (Å²) in [6, 6.07) is 5.10. The number of carbonyl (C=O) groups excluding carboxylic acids is 1. The summed E-state index contributed by atoms with van der Waals surface area (Å²) in [7, 11) is 0. The van der Waals surface area contributed by atoms with Gasteiger partial charge in [-0.3, -0.25) is 4.79 Å². The normalized spacial score (nSPS) is 12.2. The van der Waals surface area contributed by atoms with Gasteiger partial charge in [-0.1, -0.05) is 31.4 Å². The number of nitrogen functional groups attached to an aromatic ring is 1. The third-order valence-electron chi connectivity index (χ3n) is 2.63. The zero-order valence-electron chi connectivity index (χ0n) is 10.3. The minimum Gasteiger partial charge on any atom is -0.398 e. The van der Waals surface area contributed by atoms with Gasteiger partial charge in [0.05, 0.1) is 10.7 Å². The standard InChI is InChI=1S/C13H19ClN2O/c1-3-4-5-9(2)16-13(17)10-6-7-11(14)12(15)8-10/h6-9H,3-5,15H2,1-2H3,(H,16,17). The van der Waals surface area contributed by atoms with E-state index in [1.807, 2.05) is 6.92 Å². The van der Waals surface area contributed by atoms with Crippen molar-refractivity contribution in [3.8, 4) is 0 Å². The number of nitrogens with one attached hydrogen (secondary N) is 1. The molecule has 1 aromatic carbocycles. The number of hydrogen-bond acceptors (Lipinski definition) is 2. The van der Waals surface area contributed by atoms with Crippen molar-refractivity contribution in [3.63, 3.8) is 0 Å². The van der Waals surface area contributed by atoms with Crippen LogP contribution in [0, 0.1) is 0 Å². The van der Waals surface area contributed by atoms with E-state index in [1.54, 1.807) is 18.2 Å². The zero-order chi connectivity index (χ0) is 12.8. The van der Waals surface area contributed by atoms with Crippen LogP contribution in [0.1, 0.15) is 43.5 Å². The molecule has 0 aliphatic heterocycles. The van der Waals surface area contributed by atoms with Crippen molar-refractivity contribution in [1.82, 2.24) is 5.32 Å². The molecular weight excluding hydrogens is 236 g/mol. The molecule has 0 bridgehead atoms. The number of benzene rings is 1. The summed E-state index contributed by atoms with van der Waals surface area (Å²) in [6.45, 7) is 4.14. The van der Waals surface area contributed by atoms with Gasteiger partial charge in [0.15, 0.2) is 0 Å². The maximum Gasteiger partial charge on any atom is 0.251 e. The monoisotopic (exact) mass is 254 g/mol. The Bertz CT molecular complexity index is 393. The van der Waals surface area contributed by atoms with E-state index >= 15 is 0 Å². The summed E-state index contributed by atoms with van der Waals surface area (Å²) >= 11 is 5.80. The van der Waals surface area contributed by atoms with Crippen LogP contribution < -0.4 is 11.1 Å². The minimum atomic E-state index is -0.100. The number of anilines is 1. The smallest absolute Gasteiger partial charge is 0.251 e. The number of halogens is 1. The van der Waals surface area contributed by atoms with Gasteiger partial charge in [-0.05, 0) is 31.5 Å². The van der Waals surface area contributed by atoms with E-state index < -0.39 is 0 Å². The van der Waals surface area contributed by atoms with Crippen LogP contribution in [-0.4, -0.2) is 11.9 Å². The highest BCUT2D eigenvalue weighted by atomic mass is 35.5. The van der Waals surface area contributed by atoms with E-state index in [-0.39, 0.29) is 11.9 Å². The minimum absolute atomic E-state index is 0.100. The van der Waals surface area contributed by atoms with Crippen LogP contribution in [0.4, 0.5) is 5.69 Å². The Kier molecular flexibility index (Phi) is 5.29. The van der Waals surface area contributed by atoms with Gasteiger partial charge in [0, 0.05) is 11.6 Å². The van der Waals surface area contributed by atoms with Gasteiger partial charge >= 0.3 is 0 Å². The van der Waals surface area contributed by atoms with Gasteiger partial charge in [-0.25, -0.2) is 0 Å². The number of rotatable bonds is 5. The molecule has 1 atom stereocenters. The zero-order valence-corrected chi connectivity index (χ0v) is 11.1. The van der Waals surface area contributed by atoms with Crippen molar-refractivity contribution in [3.05, 3.63) is 28.8 Å². The van der Waals surface area contributed by atoms with Crippen LogP contribution in [0.3, 0.4) is 0 Å². The van der Waals surface area contributed by atoms with Crippen molar-refractivity contribution in [2.75, 3.05) is 5.73 Å². The number of amides is 1.